The fourth-order valence-electron chi connectivity index (χ4n) is 3.63. The number of carbonyl (C=O) groups is 1. The van der Waals surface area contributed by atoms with Crippen LogP contribution >= 0.6 is 0 Å². The van der Waals surface area contributed by atoms with Gasteiger partial charge in [-0.1, -0.05) is 11.6 Å². The maximum atomic E-state index is 12.1. The van der Waals surface area contributed by atoms with E-state index in [0.29, 0.717) is 6.42 Å². The standard InChI is InChI=1S/C16H25NO3/c18-15(11-13-3-1-2-4-13)17-14-5-8-20-16(12-14)6-9-19-10-7-16/h3,14H,1-2,4-12H2,(H,17,18). The summed E-state index contributed by atoms with van der Waals surface area (Å²) >= 11 is 0. The van der Waals surface area contributed by atoms with Crippen LogP contribution in [0.4, 0.5) is 0 Å². The average molecular weight is 279 g/mol. The van der Waals surface area contributed by atoms with Crippen molar-refractivity contribution in [1.82, 2.24) is 5.32 Å². The van der Waals surface area contributed by atoms with Crippen LogP contribution in [-0.4, -0.2) is 37.4 Å². The molecule has 0 bridgehead atoms. The zero-order chi connectivity index (χ0) is 13.8. The third-order valence-electron chi connectivity index (χ3n) is 4.78. The van der Waals surface area contributed by atoms with Crippen LogP contribution in [0.25, 0.3) is 0 Å². The highest BCUT2D eigenvalue weighted by Crippen LogP contribution is 2.34. The number of carbonyl (C=O) groups excluding carboxylic acids is 1. The average Bonchev–Trinajstić information content (AvgIpc) is 2.92. The lowest BCUT2D eigenvalue weighted by molar-refractivity contribution is -0.143. The predicted octanol–water partition coefficient (Wildman–Crippen LogP) is 2.33. The van der Waals surface area contributed by atoms with E-state index in [-0.39, 0.29) is 17.6 Å². The predicted molar refractivity (Wildman–Crippen MR) is 76.5 cm³/mol. The molecule has 4 heteroatoms. The summed E-state index contributed by atoms with van der Waals surface area (Å²) in [7, 11) is 0. The second kappa shape index (κ2) is 6.27. The molecule has 3 aliphatic rings. The van der Waals surface area contributed by atoms with Gasteiger partial charge in [0.1, 0.15) is 0 Å². The van der Waals surface area contributed by atoms with E-state index in [1.165, 1.54) is 12.0 Å². The summed E-state index contributed by atoms with van der Waals surface area (Å²) in [4.78, 5) is 12.1. The number of rotatable bonds is 3. The summed E-state index contributed by atoms with van der Waals surface area (Å²) < 4.78 is 11.4. The molecular weight excluding hydrogens is 254 g/mol. The molecule has 20 heavy (non-hydrogen) atoms. The first-order valence-corrected chi connectivity index (χ1v) is 7.95. The van der Waals surface area contributed by atoms with E-state index < -0.39 is 0 Å². The molecule has 2 saturated heterocycles. The highest BCUT2D eigenvalue weighted by Gasteiger charge is 2.39. The molecule has 0 radical (unpaired) electrons. The molecule has 0 aromatic heterocycles. The first-order chi connectivity index (χ1) is 9.76. The van der Waals surface area contributed by atoms with Crippen LogP contribution in [0.3, 0.4) is 0 Å². The van der Waals surface area contributed by atoms with Crippen molar-refractivity contribution < 1.29 is 14.3 Å². The van der Waals surface area contributed by atoms with Crippen LogP contribution in [0, 0.1) is 0 Å². The molecule has 2 heterocycles. The number of hydrogen-bond acceptors (Lipinski definition) is 3. The zero-order valence-corrected chi connectivity index (χ0v) is 12.2. The van der Waals surface area contributed by atoms with E-state index in [9.17, 15) is 4.79 Å². The topological polar surface area (TPSA) is 47.6 Å². The Morgan fingerprint density at radius 2 is 2.20 bits per heavy atom. The molecule has 2 aliphatic heterocycles. The van der Waals surface area contributed by atoms with Gasteiger partial charge in [-0.3, -0.25) is 4.79 Å². The largest absolute Gasteiger partial charge is 0.381 e. The Morgan fingerprint density at radius 3 is 2.95 bits per heavy atom. The third kappa shape index (κ3) is 3.41. The summed E-state index contributed by atoms with van der Waals surface area (Å²) in [6.45, 7) is 2.33. The van der Waals surface area contributed by atoms with Gasteiger partial charge in [-0.15, -0.1) is 0 Å². The van der Waals surface area contributed by atoms with Crippen molar-refractivity contribution in [3.8, 4) is 0 Å². The molecule has 4 nitrogen and oxygen atoms in total. The van der Waals surface area contributed by atoms with Gasteiger partial charge in [-0.05, 0) is 44.9 Å². The van der Waals surface area contributed by atoms with Gasteiger partial charge >= 0.3 is 0 Å². The van der Waals surface area contributed by atoms with Crippen LogP contribution in [0.1, 0.15) is 51.4 Å². The van der Waals surface area contributed by atoms with Crippen molar-refractivity contribution in [3.63, 3.8) is 0 Å². The summed E-state index contributed by atoms with van der Waals surface area (Å²) in [6, 6.07) is 0.274. The molecule has 0 aromatic carbocycles. The SMILES string of the molecule is O=C(CC1=CCCC1)NC1CCOC2(CCOCC2)C1. The maximum absolute atomic E-state index is 12.1. The first kappa shape index (κ1) is 14.1. The van der Waals surface area contributed by atoms with Gasteiger partial charge in [0, 0.05) is 32.3 Å². The Bertz CT molecular complexity index is 380. The maximum Gasteiger partial charge on any atom is 0.224 e. The number of amides is 1. The molecule has 1 atom stereocenters. The Balaban J connectivity index is 1.50. The van der Waals surface area contributed by atoms with Gasteiger partial charge in [0.15, 0.2) is 0 Å². The summed E-state index contributed by atoms with van der Waals surface area (Å²) in [5, 5.41) is 3.22. The molecule has 2 fully saturated rings. The summed E-state index contributed by atoms with van der Waals surface area (Å²) in [5.74, 6) is 0.187. The lowest BCUT2D eigenvalue weighted by Gasteiger charge is -2.43. The third-order valence-corrected chi connectivity index (χ3v) is 4.78. The lowest BCUT2D eigenvalue weighted by Crippen LogP contribution is -2.51. The quantitative estimate of drug-likeness (QED) is 0.807. The van der Waals surface area contributed by atoms with Crippen LogP contribution < -0.4 is 5.32 Å². The minimum atomic E-state index is -0.0406. The lowest BCUT2D eigenvalue weighted by atomic mass is 9.84. The van der Waals surface area contributed by atoms with E-state index in [1.54, 1.807) is 0 Å². The summed E-state index contributed by atoms with van der Waals surface area (Å²) in [5.41, 5.74) is 1.27. The smallest absolute Gasteiger partial charge is 0.224 e. The fraction of sp³-hybridized carbons (Fsp3) is 0.812. The highest BCUT2D eigenvalue weighted by atomic mass is 16.5. The number of ether oxygens (including phenoxy) is 2. The van der Waals surface area contributed by atoms with Crippen molar-refractivity contribution in [2.24, 2.45) is 0 Å². The number of nitrogens with one attached hydrogen (secondary N) is 1. The molecule has 112 valence electrons. The normalized spacial score (nSPS) is 29.2. The highest BCUT2D eigenvalue weighted by molar-refractivity contribution is 5.78. The minimum absolute atomic E-state index is 0.0406. The van der Waals surface area contributed by atoms with E-state index in [2.05, 4.69) is 11.4 Å². The number of hydrogen-bond donors (Lipinski definition) is 1. The minimum Gasteiger partial charge on any atom is -0.381 e. The van der Waals surface area contributed by atoms with E-state index in [0.717, 1.165) is 58.3 Å². The van der Waals surface area contributed by atoms with Crippen molar-refractivity contribution in [3.05, 3.63) is 11.6 Å². The molecule has 3 rings (SSSR count). The van der Waals surface area contributed by atoms with Gasteiger partial charge in [0.25, 0.3) is 0 Å². The van der Waals surface area contributed by atoms with E-state index >= 15 is 0 Å². The van der Waals surface area contributed by atoms with Gasteiger partial charge in [0.05, 0.1) is 5.60 Å². The van der Waals surface area contributed by atoms with Gasteiger partial charge in [0.2, 0.25) is 5.91 Å². The van der Waals surface area contributed by atoms with Crippen molar-refractivity contribution >= 4 is 5.91 Å². The monoisotopic (exact) mass is 279 g/mol. The molecule has 1 unspecified atom stereocenters. The Hall–Kier alpha value is -0.870. The molecular formula is C16H25NO3. The van der Waals surface area contributed by atoms with Crippen LogP contribution in [0.15, 0.2) is 11.6 Å². The summed E-state index contributed by atoms with van der Waals surface area (Å²) in [6.07, 6.45) is 10.1. The van der Waals surface area contributed by atoms with Crippen LogP contribution in [-0.2, 0) is 14.3 Å². The Labute approximate surface area is 120 Å². The second-order valence-electron chi connectivity index (χ2n) is 6.33. The van der Waals surface area contributed by atoms with Gasteiger partial charge in [-0.25, -0.2) is 0 Å². The molecule has 0 aromatic rings. The molecule has 1 aliphatic carbocycles. The van der Waals surface area contributed by atoms with Crippen LogP contribution in [0.5, 0.6) is 0 Å². The van der Waals surface area contributed by atoms with Crippen molar-refractivity contribution in [1.29, 1.82) is 0 Å². The van der Waals surface area contributed by atoms with Crippen molar-refractivity contribution in [2.75, 3.05) is 19.8 Å². The number of allylic oxidation sites excluding steroid dienone is 1. The molecule has 1 amide bonds. The molecule has 1 N–H and O–H groups in total. The van der Waals surface area contributed by atoms with Gasteiger partial charge < -0.3 is 14.8 Å². The Morgan fingerprint density at radius 1 is 1.35 bits per heavy atom. The zero-order valence-electron chi connectivity index (χ0n) is 12.2. The molecule has 1 spiro atoms. The second-order valence-corrected chi connectivity index (χ2v) is 6.33. The van der Waals surface area contributed by atoms with E-state index in [1.807, 2.05) is 0 Å². The molecule has 0 saturated carbocycles. The van der Waals surface area contributed by atoms with Gasteiger partial charge in [-0.2, -0.15) is 0 Å². The Kier molecular flexibility index (Phi) is 4.41. The van der Waals surface area contributed by atoms with E-state index in [4.69, 9.17) is 9.47 Å². The fourth-order valence-corrected chi connectivity index (χ4v) is 3.63. The van der Waals surface area contributed by atoms with Crippen molar-refractivity contribution in [2.45, 2.75) is 63.0 Å². The first-order valence-electron chi connectivity index (χ1n) is 7.95. The van der Waals surface area contributed by atoms with Crippen LogP contribution in [0.2, 0.25) is 0 Å².